The van der Waals surface area contributed by atoms with Gasteiger partial charge in [0.1, 0.15) is 0 Å². The summed E-state index contributed by atoms with van der Waals surface area (Å²) in [6.07, 6.45) is 0. The van der Waals surface area contributed by atoms with Gasteiger partial charge in [-0.3, -0.25) is 0 Å². The van der Waals surface area contributed by atoms with Gasteiger partial charge < -0.3 is 0 Å². The van der Waals surface area contributed by atoms with E-state index in [4.69, 9.17) is 14.2 Å². The van der Waals surface area contributed by atoms with E-state index in [1.165, 1.54) is 33.4 Å². The van der Waals surface area contributed by atoms with Gasteiger partial charge in [-0.05, 0) is 0 Å². The first-order valence-electron chi connectivity index (χ1n) is 13.9. The van der Waals surface area contributed by atoms with Gasteiger partial charge in [0.25, 0.3) is 0 Å². The fraction of sp³-hybridized carbons (Fsp3) is 0.471. The number of hydrogen-bond donors (Lipinski definition) is 0. The van der Waals surface area contributed by atoms with E-state index in [1.807, 2.05) is 0 Å². The molecule has 3 nitrogen and oxygen atoms in total. The molecule has 0 heterocycles. The van der Waals surface area contributed by atoms with E-state index in [2.05, 4.69) is 178 Å². The third-order valence-corrected chi connectivity index (χ3v) is 23.9. The van der Waals surface area contributed by atoms with Crippen molar-refractivity contribution in [2.45, 2.75) is 82.8 Å². The second-order valence-electron chi connectivity index (χ2n) is 13.7. The van der Waals surface area contributed by atoms with Gasteiger partial charge in [0, 0.05) is 0 Å². The van der Waals surface area contributed by atoms with Crippen LogP contribution in [0.4, 0.5) is 0 Å². The van der Waals surface area contributed by atoms with Crippen LogP contribution < -0.4 is 14.2 Å². The molecule has 0 fully saturated rings. The predicted molar refractivity (Wildman–Crippen MR) is 203 cm³/mol. The van der Waals surface area contributed by atoms with E-state index >= 15 is 0 Å². The Morgan fingerprint density at radius 2 is 0.707 bits per heavy atom. The van der Waals surface area contributed by atoms with Crippen molar-refractivity contribution in [3.8, 4) is 17.2 Å². The maximum atomic E-state index is 6.24. The van der Waals surface area contributed by atoms with Crippen LogP contribution in [0.25, 0.3) is 0 Å². The Hall–Kier alpha value is -0.207. The molecule has 7 heteroatoms. The zero-order valence-electron chi connectivity index (χ0n) is 26.6. The van der Waals surface area contributed by atoms with Gasteiger partial charge in [-0.1, -0.05) is 0 Å². The minimum atomic E-state index is -3.06. The summed E-state index contributed by atoms with van der Waals surface area (Å²) in [5, 5.41) is 0. The van der Waals surface area contributed by atoms with Crippen LogP contribution >= 0.6 is 60.6 Å². The second-order valence-corrected chi connectivity index (χ2v) is 74.8. The molecule has 0 bridgehead atoms. The third-order valence-electron chi connectivity index (χ3n) is 7.83. The van der Waals surface area contributed by atoms with E-state index in [0.29, 0.717) is 0 Å². The van der Waals surface area contributed by atoms with Crippen LogP contribution in [0.15, 0.2) is 54.6 Å². The van der Waals surface area contributed by atoms with Crippen molar-refractivity contribution in [3.05, 3.63) is 88.0 Å². The average molecular weight is 955 g/mol. The van der Waals surface area contributed by atoms with Crippen LogP contribution in [0.5, 0.6) is 17.2 Å². The van der Waals surface area contributed by atoms with Crippen LogP contribution in [-0.4, -0.2) is 24.7 Å². The Kier molecular flexibility index (Phi) is 10.9. The van der Waals surface area contributed by atoms with Crippen molar-refractivity contribution in [2.24, 2.45) is 0 Å². The second kappa shape index (κ2) is 12.7. The van der Waals surface area contributed by atoms with Gasteiger partial charge in [0.05, 0.1) is 0 Å². The summed E-state index contributed by atoms with van der Waals surface area (Å²) in [7, 11) is 5.36. The number of ether oxygens (including phenoxy) is 3. The van der Waals surface area contributed by atoms with E-state index < -0.39 is 7.59 Å². The molecule has 0 unspecified atom stereocenters. The van der Waals surface area contributed by atoms with Gasteiger partial charge in [0.2, 0.25) is 0 Å². The van der Waals surface area contributed by atoms with E-state index in [0.717, 1.165) is 17.2 Å². The van der Waals surface area contributed by atoms with Crippen molar-refractivity contribution in [2.75, 3.05) is 21.3 Å². The summed E-state index contributed by atoms with van der Waals surface area (Å²) in [6.45, 7) is 20.5. The van der Waals surface area contributed by atoms with Crippen LogP contribution in [0.2, 0.25) is 0 Å². The molecule has 0 N–H and O–H groups in total. The fourth-order valence-electron chi connectivity index (χ4n) is 5.30. The Balaban J connectivity index is 2.79. The Labute approximate surface area is 284 Å². The predicted octanol–water partition coefficient (Wildman–Crippen LogP) is 10.7. The molecule has 0 aromatic heterocycles. The fourth-order valence-corrected chi connectivity index (χ4v) is 22.0. The van der Waals surface area contributed by atoms with E-state index in [-0.39, 0.29) is 16.2 Å². The number of benzene rings is 3. The third kappa shape index (κ3) is 7.05. The maximum absolute atomic E-state index is 6.24. The first-order valence-corrected chi connectivity index (χ1v) is 34.1. The number of methoxy groups -OCH3 is 3. The van der Waals surface area contributed by atoms with E-state index in [1.54, 1.807) is 21.3 Å². The molecule has 0 aliphatic heterocycles. The summed E-state index contributed by atoms with van der Waals surface area (Å²) in [5.41, 5.74) is 7.18. The van der Waals surface area contributed by atoms with Crippen LogP contribution in [0.1, 0.15) is 95.7 Å². The van der Waals surface area contributed by atoms with Crippen molar-refractivity contribution >= 4 is 64.0 Å². The summed E-state index contributed by atoms with van der Waals surface area (Å²) in [5.74, 6) is 2.64. The van der Waals surface area contributed by atoms with Crippen LogP contribution in [0.3, 0.4) is 0 Å². The molecule has 3 aromatic carbocycles. The first-order chi connectivity index (χ1) is 18.7. The molecule has 0 saturated heterocycles. The summed E-state index contributed by atoms with van der Waals surface area (Å²) >= 11 is 8.38. The van der Waals surface area contributed by atoms with Gasteiger partial charge in [-0.25, -0.2) is 0 Å². The summed E-state index contributed by atoms with van der Waals surface area (Å²) in [4.78, 5) is 0. The average Bonchev–Trinajstić information content (AvgIpc) is 2.86. The number of rotatable bonds is 7. The molecule has 0 atom stereocenters. The quantitative estimate of drug-likeness (QED) is 0.134. The standard InChI is InChI=1S/C34H45GeI3O3/c1-31(2,3)22-13-16-28(39-10)25(19-22)34(35(36,37)38,26-20-23(32(4,5)6)14-17-29(26)40-11)27-21-24(33(7,8)9)15-18-30(27)41-12/h13-21H,1-12H3. The molecule has 0 spiro atoms. The van der Waals surface area contributed by atoms with E-state index in [9.17, 15) is 0 Å². The van der Waals surface area contributed by atoms with Crippen molar-refractivity contribution in [1.29, 1.82) is 0 Å². The molecule has 41 heavy (non-hydrogen) atoms. The zero-order chi connectivity index (χ0) is 31.2. The molecule has 0 radical (unpaired) electrons. The molecular formula is C34H45GeI3O3. The molecule has 0 saturated carbocycles. The van der Waals surface area contributed by atoms with Gasteiger partial charge in [-0.2, -0.15) is 0 Å². The molecule has 0 aliphatic carbocycles. The Morgan fingerprint density at radius 1 is 0.463 bits per heavy atom. The minimum absolute atomic E-state index is 0.0427. The molecule has 0 aliphatic rings. The van der Waals surface area contributed by atoms with Crippen LogP contribution in [0, 0.1) is 0 Å². The molecular weight excluding hydrogens is 910 g/mol. The van der Waals surface area contributed by atoms with Crippen molar-refractivity contribution < 1.29 is 14.2 Å². The first kappa shape index (κ1) is 35.3. The molecule has 0 amide bonds. The monoisotopic (exact) mass is 956 g/mol. The normalized spacial score (nSPS) is 13.2. The Morgan fingerprint density at radius 3 is 0.878 bits per heavy atom. The SMILES string of the molecule is COc1ccc(C(C)(C)C)cc1[C](c1cc(C(C)(C)C)ccc1OC)(c1cc(C(C)(C)C)ccc1OC)[Ge]([I])([I])[I]. The Bertz CT molecular complexity index is 1230. The summed E-state index contributed by atoms with van der Waals surface area (Å²) < 4.78 is 15.1. The van der Waals surface area contributed by atoms with Gasteiger partial charge in [-0.15, -0.1) is 0 Å². The molecule has 224 valence electrons. The zero-order valence-corrected chi connectivity index (χ0v) is 35.1. The van der Waals surface area contributed by atoms with Crippen molar-refractivity contribution in [1.82, 2.24) is 0 Å². The number of halogens is 3. The van der Waals surface area contributed by atoms with Gasteiger partial charge >= 0.3 is 288 Å². The van der Waals surface area contributed by atoms with Crippen LogP contribution in [-0.2, 0) is 20.5 Å². The number of hydrogen-bond acceptors (Lipinski definition) is 3. The van der Waals surface area contributed by atoms with Crippen molar-refractivity contribution in [3.63, 3.8) is 0 Å². The van der Waals surface area contributed by atoms with Gasteiger partial charge in [0.15, 0.2) is 0 Å². The molecule has 3 aromatic rings. The summed E-state index contributed by atoms with van der Waals surface area (Å²) in [6, 6.07) is 20.3. The topological polar surface area (TPSA) is 27.7 Å². The molecule has 3 rings (SSSR count).